The number of carbonyl (C=O) groups is 3. The number of hydrogen-bond donors (Lipinski definition) is 2. The Bertz CT molecular complexity index is 603. The molecule has 1 aromatic carbocycles. The van der Waals surface area contributed by atoms with Gasteiger partial charge in [0.25, 0.3) is 11.8 Å². The van der Waals surface area contributed by atoms with Crippen molar-refractivity contribution in [2.24, 2.45) is 5.92 Å². The molecular weight excluding hydrogens is 320 g/mol. The van der Waals surface area contributed by atoms with Crippen LogP contribution in [0.5, 0.6) is 0 Å². The minimum atomic E-state index is -0.879. The van der Waals surface area contributed by atoms with Gasteiger partial charge in [-0.15, -0.1) is 0 Å². The first kappa shape index (κ1) is 19.0. The third kappa shape index (κ3) is 5.89. The van der Waals surface area contributed by atoms with Crippen molar-refractivity contribution in [3.63, 3.8) is 0 Å². The molecule has 0 spiro atoms. The second-order valence-electron chi connectivity index (χ2n) is 6.56. The lowest BCUT2D eigenvalue weighted by Gasteiger charge is -2.30. The van der Waals surface area contributed by atoms with Crippen molar-refractivity contribution in [1.82, 2.24) is 10.6 Å². The average Bonchev–Trinajstić information content (AvgIpc) is 2.62. The van der Waals surface area contributed by atoms with E-state index in [1.165, 1.54) is 6.42 Å². The van der Waals surface area contributed by atoms with Gasteiger partial charge in [0.2, 0.25) is 0 Å². The summed E-state index contributed by atoms with van der Waals surface area (Å²) in [4.78, 5) is 35.9. The number of rotatable bonds is 6. The summed E-state index contributed by atoms with van der Waals surface area (Å²) in [5.41, 5.74) is 0.465. The van der Waals surface area contributed by atoms with Crippen LogP contribution in [0.15, 0.2) is 30.3 Å². The Labute approximate surface area is 148 Å². The Morgan fingerprint density at radius 2 is 1.84 bits per heavy atom. The lowest BCUT2D eigenvalue weighted by atomic mass is 9.86. The van der Waals surface area contributed by atoms with E-state index in [-0.39, 0.29) is 24.4 Å². The smallest absolute Gasteiger partial charge is 0.326 e. The minimum Gasteiger partial charge on any atom is -0.451 e. The summed E-state index contributed by atoms with van der Waals surface area (Å²) < 4.78 is 5.11. The van der Waals surface area contributed by atoms with Crippen LogP contribution in [0.25, 0.3) is 0 Å². The Balaban J connectivity index is 1.73. The topological polar surface area (TPSA) is 84.5 Å². The predicted molar refractivity (Wildman–Crippen MR) is 93.9 cm³/mol. The Hall–Kier alpha value is -2.37. The zero-order valence-corrected chi connectivity index (χ0v) is 14.8. The van der Waals surface area contributed by atoms with Crippen molar-refractivity contribution >= 4 is 17.8 Å². The van der Waals surface area contributed by atoms with Crippen molar-refractivity contribution in [2.45, 2.75) is 51.7 Å². The normalized spacial score (nSPS) is 21.0. The predicted octanol–water partition coefficient (Wildman–Crippen LogP) is 2.04. The number of esters is 1. The summed E-state index contributed by atoms with van der Waals surface area (Å²) in [5.74, 6) is -0.846. The van der Waals surface area contributed by atoms with E-state index in [9.17, 15) is 14.4 Å². The molecule has 0 aliphatic heterocycles. The van der Waals surface area contributed by atoms with Gasteiger partial charge in [-0.3, -0.25) is 14.4 Å². The monoisotopic (exact) mass is 346 g/mol. The fourth-order valence-electron chi connectivity index (χ4n) is 2.97. The summed E-state index contributed by atoms with van der Waals surface area (Å²) in [6.07, 6.45) is 3.48. The van der Waals surface area contributed by atoms with Gasteiger partial charge in [0.1, 0.15) is 6.54 Å². The first-order valence-electron chi connectivity index (χ1n) is 8.80. The van der Waals surface area contributed by atoms with Gasteiger partial charge in [-0.2, -0.15) is 0 Å². The molecule has 0 heterocycles. The lowest BCUT2D eigenvalue weighted by Crippen LogP contribution is -2.46. The Kier molecular flexibility index (Phi) is 6.98. The third-order valence-corrected chi connectivity index (χ3v) is 4.55. The van der Waals surface area contributed by atoms with Crippen LogP contribution in [-0.2, 0) is 14.3 Å². The van der Waals surface area contributed by atoms with Crippen molar-refractivity contribution in [3.05, 3.63) is 35.9 Å². The molecular formula is C19H26N2O4. The first-order chi connectivity index (χ1) is 12.0. The van der Waals surface area contributed by atoms with E-state index in [4.69, 9.17) is 4.74 Å². The molecule has 0 unspecified atom stereocenters. The molecule has 0 aromatic heterocycles. The molecule has 1 aliphatic rings. The van der Waals surface area contributed by atoms with Crippen LogP contribution in [0, 0.1) is 5.92 Å². The van der Waals surface area contributed by atoms with E-state index in [0.717, 1.165) is 19.3 Å². The van der Waals surface area contributed by atoms with Gasteiger partial charge in [0.05, 0.1) is 0 Å². The highest BCUT2D eigenvalue weighted by Gasteiger charge is 2.26. The van der Waals surface area contributed by atoms with Crippen molar-refractivity contribution < 1.29 is 19.1 Å². The SMILES string of the molecule is C[C@@H]1CCCC[C@H]1NC(=O)[C@@H](C)OC(=O)CNC(=O)c1ccccc1. The number of nitrogens with one attached hydrogen (secondary N) is 2. The maximum Gasteiger partial charge on any atom is 0.326 e. The van der Waals surface area contributed by atoms with E-state index in [0.29, 0.717) is 11.5 Å². The zero-order valence-electron chi connectivity index (χ0n) is 14.8. The van der Waals surface area contributed by atoms with E-state index < -0.39 is 12.1 Å². The first-order valence-corrected chi connectivity index (χ1v) is 8.80. The van der Waals surface area contributed by atoms with Crippen LogP contribution in [0.4, 0.5) is 0 Å². The van der Waals surface area contributed by atoms with E-state index in [2.05, 4.69) is 17.6 Å². The molecule has 2 rings (SSSR count). The molecule has 1 aliphatic carbocycles. The highest BCUT2D eigenvalue weighted by molar-refractivity contribution is 5.96. The van der Waals surface area contributed by atoms with Crippen LogP contribution in [-0.4, -0.2) is 36.5 Å². The van der Waals surface area contributed by atoms with Gasteiger partial charge < -0.3 is 15.4 Å². The summed E-state index contributed by atoms with van der Waals surface area (Å²) in [5, 5.41) is 5.45. The van der Waals surface area contributed by atoms with Gasteiger partial charge in [0.15, 0.2) is 6.10 Å². The van der Waals surface area contributed by atoms with Crippen LogP contribution in [0.3, 0.4) is 0 Å². The highest BCUT2D eigenvalue weighted by atomic mass is 16.5. The molecule has 0 saturated heterocycles. The fraction of sp³-hybridized carbons (Fsp3) is 0.526. The Morgan fingerprint density at radius 3 is 2.52 bits per heavy atom. The van der Waals surface area contributed by atoms with Crippen LogP contribution in [0.1, 0.15) is 49.9 Å². The molecule has 2 amide bonds. The number of hydrogen-bond acceptors (Lipinski definition) is 4. The molecule has 0 radical (unpaired) electrons. The van der Waals surface area contributed by atoms with Gasteiger partial charge in [0, 0.05) is 11.6 Å². The second kappa shape index (κ2) is 9.20. The second-order valence-corrected chi connectivity index (χ2v) is 6.56. The fourth-order valence-corrected chi connectivity index (χ4v) is 2.97. The Morgan fingerprint density at radius 1 is 1.16 bits per heavy atom. The number of benzene rings is 1. The number of ether oxygens (including phenoxy) is 1. The molecule has 2 N–H and O–H groups in total. The van der Waals surface area contributed by atoms with Crippen LogP contribution >= 0.6 is 0 Å². The van der Waals surface area contributed by atoms with E-state index >= 15 is 0 Å². The molecule has 1 aromatic rings. The van der Waals surface area contributed by atoms with Gasteiger partial charge in [-0.05, 0) is 37.8 Å². The molecule has 1 fully saturated rings. The quantitative estimate of drug-likeness (QED) is 0.772. The van der Waals surface area contributed by atoms with Gasteiger partial charge >= 0.3 is 5.97 Å². The summed E-state index contributed by atoms with van der Waals surface area (Å²) in [6.45, 7) is 3.39. The molecule has 6 nitrogen and oxygen atoms in total. The third-order valence-electron chi connectivity index (χ3n) is 4.55. The van der Waals surface area contributed by atoms with Gasteiger partial charge in [-0.25, -0.2) is 0 Å². The van der Waals surface area contributed by atoms with E-state index in [1.807, 2.05) is 0 Å². The molecule has 1 saturated carbocycles. The van der Waals surface area contributed by atoms with Crippen LogP contribution < -0.4 is 10.6 Å². The largest absolute Gasteiger partial charge is 0.451 e. The summed E-state index contributed by atoms with van der Waals surface area (Å²) in [6, 6.07) is 8.74. The highest BCUT2D eigenvalue weighted by Crippen LogP contribution is 2.23. The average molecular weight is 346 g/mol. The number of carbonyl (C=O) groups excluding carboxylic acids is 3. The molecule has 136 valence electrons. The van der Waals surface area contributed by atoms with Crippen molar-refractivity contribution in [2.75, 3.05) is 6.54 Å². The zero-order chi connectivity index (χ0) is 18.2. The van der Waals surface area contributed by atoms with Crippen LogP contribution in [0.2, 0.25) is 0 Å². The van der Waals surface area contributed by atoms with Crippen molar-refractivity contribution in [1.29, 1.82) is 0 Å². The lowest BCUT2D eigenvalue weighted by molar-refractivity contribution is -0.154. The standard InChI is InChI=1S/C19H26N2O4/c1-13-8-6-7-11-16(13)21-18(23)14(2)25-17(22)12-20-19(24)15-9-4-3-5-10-15/h3-5,9-10,13-14,16H,6-8,11-12H2,1-2H3,(H,20,24)(H,21,23)/t13-,14-,16-/m1/s1. The van der Waals surface area contributed by atoms with Gasteiger partial charge in [-0.1, -0.05) is 38.0 Å². The summed E-state index contributed by atoms with van der Waals surface area (Å²) >= 11 is 0. The number of amides is 2. The molecule has 25 heavy (non-hydrogen) atoms. The maximum absolute atomic E-state index is 12.2. The molecule has 6 heteroatoms. The molecule has 3 atom stereocenters. The van der Waals surface area contributed by atoms with Crippen molar-refractivity contribution in [3.8, 4) is 0 Å². The maximum atomic E-state index is 12.2. The summed E-state index contributed by atoms with van der Waals surface area (Å²) in [7, 11) is 0. The van der Waals surface area contributed by atoms with E-state index in [1.54, 1.807) is 37.3 Å². The minimum absolute atomic E-state index is 0.139. The molecule has 0 bridgehead atoms.